The third-order valence-corrected chi connectivity index (χ3v) is 4.48. The van der Waals surface area contributed by atoms with Gasteiger partial charge in [0, 0.05) is 13.6 Å². The largest absolute Gasteiger partial charge is 0.444 e. The smallest absolute Gasteiger partial charge is 0.408 e. The number of hydrogen-bond acceptors (Lipinski definition) is 4. The molecular formula is C23H37N3O4. The second-order valence-electron chi connectivity index (χ2n) is 8.79. The van der Waals surface area contributed by atoms with Crippen LogP contribution in [0.3, 0.4) is 0 Å². The molecule has 2 N–H and O–H groups in total. The molecule has 7 heteroatoms. The molecule has 0 saturated heterocycles. The molecule has 168 valence electrons. The number of benzene rings is 1. The molecule has 1 rings (SSSR count). The summed E-state index contributed by atoms with van der Waals surface area (Å²) in [5.74, 6) is -0.621. The number of rotatable bonds is 8. The Bertz CT molecular complexity index is 735. The van der Waals surface area contributed by atoms with Crippen molar-refractivity contribution >= 4 is 17.9 Å². The minimum Gasteiger partial charge on any atom is -0.444 e. The van der Waals surface area contributed by atoms with Gasteiger partial charge in [0.1, 0.15) is 17.7 Å². The highest BCUT2D eigenvalue weighted by Gasteiger charge is 2.32. The number of unbranched alkanes of at least 4 members (excludes halogenated alkanes) is 1. The molecule has 30 heavy (non-hydrogen) atoms. The van der Waals surface area contributed by atoms with Crippen molar-refractivity contribution in [2.45, 2.75) is 79.0 Å². The van der Waals surface area contributed by atoms with E-state index in [1.165, 1.54) is 4.90 Å². The molecule has 0 bridgehead atoms. The molecule has 0 aliphatic carbocycles. The summed E-state index contributed by atoms with van der Waals surface area (Å²) >= 11 is 0. The lowest BCUT2D eigenvalue weighted by Gasteiger charge is -2.31. The van der Waals surface area contributed by atoms with Gasteiger partial charge in [-0.3, -0.25) is 9.59 Å². The Morgan fingerprint density at radius 2 is 1.67 bits per heavy atom. The third-order valence-electron chi connectivity index (χ3n) is 4.48. The second kappa shape index (κ2) is 11.0. The van der Waals surface area contributed by atoms with Crippen molar-refractivity contribution in [3.8, 4) is 0 Å². The standard InChI is InChI=1S/C23H37N3O4/c1-9-10-11-24-20(27)19(18-13-15(2)12-16(3)14-18)26(8)21(28)17(4)25-22(29)30-23(5,6)7/h12-14,17,19H,9-11H2,1-8H3,(H,24,27)(H,25,29). The van der Waals surface area contributed by atoms with Crippen LogP contribution in [0, 0.1) is 13.8 Å². The van der Waals surface area contributed by atoms with E-state index in [-0.39, 0.29) is 11.8 Å². The molecule has 0 spiro atoms. The molecule has 2 atom stereocenters. The first kappa shape index (κ1) is 25.5. The van der Waals surface area contributed by atoms with Gasteiger partial charge < -0.3 is 20.3 Å². The average Bonchev–Trinajstić information content (AvgIpc) is 2.58. The molecule has 1 aromatic rings. The Labute approximate surface area is 180 Å². The van der Waals surface area contributed by atoms with E-state index in [2.05, 4.69) is 10.6 Å². The zero-order chi connectivity index (χ0) is 23.1. The first-order valence-corrected chi connectivity index (χ1v) is 10.5. The number of carbonyl (C=O) groups is 3. The Kier molecular flexibility index (Phi) is 9.33. The van der Waals surface area contributed by atoms with Gasteiger partial charge >= 0.3 is 6.09 Å². The molecule has 2 unspecified atom stereocenters. The normalized spacial score (nSPS) is 13.2. The number of alkyl carbamates (subject to hydrolysis) is 1. The maximum absolute atomic E-state index is 13.0. The molecule has 0 aromatic heterocycles. The molecule has 0 radical (unpaired) electrons. The van der Waals surface area contributed by atoms with Crippen LogP contribution in [0.5, 0.6) is 0 Å². The molecule has 0 heterocycles. The highest BCUT2D eigenvalue weighted by atomic mass is 16.6. The predicted octanol–water partition coefficient (Wildman–Crippen LogP) is 3.63. The van der Waals surface area contributed by atoms with Crippen LogP contribution in [-0.4, -0.2) is 48.0 Å². The molecule has 0 saturated carbocycles. The van der Waals surface area contributed by atoms with Gasteiger partial charge in [-0.2, -0.15) is 0 Å². The lowest BCUT2D eigenvalue weighted by molar-refractivity contribution is -0.140. The van der Waals surface area contributed by atoms with Crippen molar-refractivity contribution in [3.63, 3.8) is 0 Å². The zero-order valence-electron chi connectivity index (χ0n) is 19.6. The minimum absolute atomic E-state index is 0.242. The van der Waals surface area contributed by atoms with E-state index < -0.39 is 23.8 Å². The molecule has 7 nitrogen and oxygen atoms in total. The summed E-state index contributed by atoms with van der Waals surface area (Å²) in [5.41, 5.74) is 2.09. The Morgan fingerprint density at radius 1 is 1.10 bits per heavy atom. The van der Waals surface area contributed by atoms with Gasteiger partial charge in [-0.15, -0.1) is 0 Å². The van der Waals surface area contributed by atoms with E-state index in [9.17, 15) is 14.4 Å². The van der Waals surface area contributed by atoms with Gasteiger partial charge in [-0.25, -0.2) is 4.79 Å². The summed E-state index contributed by atoms with van der Waals surface area (Å²) < 4.78 is 5.23. The SMILES string of the molecule is CCCCNC(=O)C(c1cc(C)cc(C)c1)N(C)C(=O)C(C)NC(=O)OC(C)(C)C. The lowest BCUT2D eigenvalue weighted by atomic mass is 9.99. The van der Waals surface area contributed by atoms with Crippen molar-refractivity contribution in [1.29, 1.82) is 0 Å². The molecule has 0 aliphatic rings. The zero-order valence-corrected chi connectivity index (χ0v) is 19.6. The first-order chi connectivity index (χ1) is 13.9. The number of amides is 3. The van der Waals surface area contributed by atoms with Crippen molar-refractivity contribution in [2.75, 3.05) is 13.6 Å². The summed E-state index contributed by atoms with van der Waals surface area (Å²) in [6.07, 6.45) is 1.15. The van der Waals surface area contributed by atoms with Crippen LogP contribution in [0.2, 0.25) is 0 Å². The summed E-state index contributed by atoms with van der Waals surface area (Å²) in [7, 11) is 1.58. The van der Waals surface area contributed by atoms with Crippen LogP contribution < -0.4 is 10.6 Å². The highest BCUT2D eigenvalue weighted by molar-refractivity contribution is 5.91. The molecular weight excluding hydrogens is 382 g/mol. The van der Waals surface area contributed by atoms with Crippen LogP contribution in [-0.2, 0) is 14.3 Å². The van der Waals surface area contributed by atoms with Crippen LogP contribution in [0.25, 0.3) is 0 Å². The molecule has 0 aliphatic heterocycles. The van der Waals surface area contributed by atoms with E-state index in [1.807, 2.05) is 39.0 Å². The minimum atomic E-state index is -0.846. The van der Waals surface area contributed by atoms with E-state index in [0.29, 0.717) is 6.54 Å². The number of nitrogens with one attached hydrogen (secondary N) is 2. The lowest BCUT2D eigenvalue weighted by Crippen LogP contribution is -2.50. The number of ether oxygens (including phenoxy) is 1. The van der Waals surface area contributed by atoms with Crippen molar-refractivity contribution in [2.24, 2.45) is 0 Å². The fourth-order valence-corrected chi connectivity index (χ4v) is 3.18. The average molecular weight is 420 g/mol. The number of nitrogens with zero attached hydrogens (tertiary/aromatic N) is 1. The van der Waals surface area contributed by atoms with E-state index >= 15 is 0 Å². The third kappa shape index (κ3) is 8.05. The van der Waals surface area contributed by atoms with Gasteiger partial charge in [0.05, 0.1) is 0 Å². The van der Waals surface area contributed by atoms with Crippen LogP contribution in [0.15, 0.2) is 18.2 Å². The Hall–Kier alpha value is -2.57. The van der Waals surface area contributed by atoms with E-state index in [1.54, 1.807) is 34.7 Å². The summed E-state index contributed by atoms with van der Waals surface area (Å²) in [4.78, 5) is 39.5. The number of carbonyl (C=O) groups excluding carboxylic acids is 3. The number of hydrogen-bond donors (Lipinski definition) is 2. The van der Waals surface area contributed by atoms with Gasteiger partial charge in [0.2, 0.25) is 11.8 Å². The summed E-state index contributed by atoms with van der Waals surface area (Å²) in [5, 5.41) is 5.48. The Balaban J connectivity index is 3.08. The van der Waals surface area contributed by atoms with Crippen LogP contribution >= 0.6 is 0 Å². The maximum Gasteiger partial charge on any atom is 0.408 e. The fraction of sp³-hybridized carbons (Fsp3) is 0.609. The van der Waals surface area contributed by atoms with Gasteiger partial charge in [0.15, 0.2) is 0 Å². The highest BCUT2D eigenvalue weighted by Crippen LogP contribution is 2.23. The van der Waals surface area contributed by atoms with Crippen LogP contribution in [0.1, 0.15) is 70.2 Å². The monoisotopic (exact) mass is 419 g/mol. The van der Waals surface area contributed by atoms with Gasteiger partial charge in [-0.1, -0.05) is 42.7 Å². The predicted molar refractivity (Wildman–Crippen MR) is 118 cm³/mol. The quantitative estimate of drug-likeness (QED) is 0.630. The summed E-state index contributed by atoms with van der Waals surface area (Å²) in [6.45, 7) is 13.3. The molecule has 0 fully saturated rings. The number of aryl methyl sites for hydroxylation is 2. The summed E-state index contributed by atoms with van der Waals surface area (Å²) in [6, 6.07) is 4.20. The van der Waals surface area contributed by atoms with Gasteiger partial charge in [-0.05, 0) is 53.5 Å². The fourth-order valence-electron chi connectivity index (χ4n) is 3.18. The van der Waals surface area contributed by atoms with E-state index in [0.717, 1.165) is 29.5 Å². The van der Waals surface area contributed by atoms with E-state index in [4.69, 9.17) is 4.74 Å². The van der Waals surface area contributed by atoms with Gasteiger partial charge in [0.25, 0.3) is 0 Å². The van der Waals surface area contributed by atoms with Crippen molar-refractivity contribution in [3.05, 3.63) is 34.9 Å². The Morgan fingerprint density at radius 3 is 2.17 bits per heavy atom. The topological polar surface area (TPSA) is 87.7 Å². The van der Waals surface area contributed by atoms with Crippen molar-refractivity contribution < 1.29 is 19.1 Å². The number of likely N-dealkylation sites (N-methyl/N-ethyl adjacent to an activating group) is 1. The molecule has 1 aromatic carbocycles. The maximum atomic E-state index is 13.0. The van der Waals surface area contributed by atoms with Crippen LogP contribution in [0.4, 0.5) is 4.79 Å². The first-order valence-electron chi connectivity index (χ1n) is 10.5. The molecule has 3 amide bonds. The van der Waals surface area contributed by atoms with Crippen molar-refractivity contribution in [1.82, 2.24) is 15.5 Å². The second-order valence-corrected chi connectivity index (χ2v) is 8.79.